The Morgan fingerprint density at radius 1 is 1.00 bits per heavy atom. The lowest BCUT2D eigenvalue weighted by Crippen LogP contribution is -2.16. The van der Waals surface area contributed by atoms with Crippen LogP contribution in [-0.2, 0) is 9.53 Å². The number of fused-ring (bicyclic) bond motifs is 2. The van der Waals surface area contributed by atoms with Gasteiger partial charge in [0.25, 0.3) is 5.69 Å². The highest BCUT2D eigenvalue weighted by Gasteiger charge is 2.28. The molecule has 0 spiro atoms. The van der Waals surface area contributed by atoms with Crippen LogP contribution in [-0.4, -0.2) is 37.9 Å². The van der Waals surface area contributed by atoms with Crippen LogP contribution < -0.4 is 5.32 Å². The fourth-order valence-corrected chi connectivity index (χ4v) is 4.25. The van der Waals surface area contributed by atoms with Crippen LogP contribution in [0.15, 0.2) is 78.9 Å². The molecule has 0 radical (unpaired) electrons. The van der Waals surface area contributed by atoms with Gasteiger partial charge in [-0.3, -0.25) is 19.5 Å². The van der Waals surface area contributed by atoms with E-state index in [9.17, 15) is 19.7 Å². The summed E-state index contributed by atoms with van der Waals surface area (Å²) in [6.45, 7) is 3.74. The monoisotopic (exact) mass is 521 g/mol. The molecule has 3 aromatic carbocycles. The number of nitro benzene ring substituents is 1. The van der Waals surface area contributed by atoms with Crippen molar-refractivity contribution in [2.45, 2.75) is 13.8 Å². The van der Waals surface area contributed by atoms with E-state index in [2.05, 4.69) is 5.32 Å². The first-order valence-corrected chi connectivity index (χ1v) is 12.1. The number of non-ortho nitro benzene ring substituents is 1. The highest BCUT2D eigenvalue weighted by Crippen LogP contribution is 2.34. The number of ether oxygens (including phenoxy) is 1. The molecule has 5 rings (SSSR count). The van der Waals surface area contributed by atoms with Gasteiger partial charge in [-0.05, 0) is 61.4 Å². The van der Waals surface area contributed by atoms with E-state index in [-0.39, 0.29) is 23.7 Å². The van der Waals surface area contributed by atoms with Crippen LogP contribution in [0, 0.1) is 17.0 Å². The standard InChI is InChI=1S/C29H23N5O5/c1-3-39-29(36)25-26-28(31-22-10-6-5-9-21(22)30-26)33(23-11-7-4-8-18(23)2)27(25)32-24(35)17-14-19-12-15-20(16-13-19)34(37)38/h4-17H,3H2,1-2H3,(H,32,35)/b17-14+. The fourth-order valence-electron chi connectivity index (χ4n) is 4.25. The summed E-state index contributed by atoms with van der Waals surface area (Å²) in [4.78, 5) is 46.4. The van der Waals surface area contributed by atoms with Crippen LogP contribution >= 0.6 is 0 Å². The summed E-state index contributed by atoms with van der Waals surface area (Å²) in [7, 11) is 0. The van der Waals surface area contributed by atoms with Gasteiger partial charge in [0.15, 0.2) is 5.65 Å². The van der Waals surface area contributed by atoms with Gasteiger partial charge >= 0.3 is 5.97 Å². The average molecular weight is 522 g/mol. The number of esters is 1. The van der Waals surface area contributed by atoms with Crippen LogP contribution in [0.5, 0.6) is 0 Å². The smallest absolute Gasteiger partial charge is 0.344 e. The molecule has 0 aliphatic carbocycles. The van der Waals surface area contributed by atoms with Gasteiger partial charge in [-0.1, -0.05) is 30.3 Å². The van der Waals surface area contributed by atoms with Gasteiger partial charge in [0.1, 0.15) is 16.9 Å². The van der Waals surface area contributed by atoms with Gasteiger partial charge in [0.2, 0.25) is 5.91 Å². The number of anilines is 1. The molecule has 0 atom stereocenters. The molecule has 2 heterocycles. The van der Waals surface area contributed by atoms with E-state index < -0.39 is 16.8 Å². The minimum atomic E-state index is -0.644. The van der Waals surface area contributed by atoms with Crippen molar-refractivity contribution >= 4 is 51.7 Å². The number of nitro groups is 1. The maximum absolute atomic E-state index is 13.3. The van der Waals surface area contributed by atoms with Crippen molar-refractivity contribution in [2.24, 2.45) is 0 Å². The lowest BCUT2D eigenvalue weighted by molar-refractivity contribution is -0.384. The molecule has 0 bridgehead atoms. The molecule has 0 unspecified atom stereocenters. The Kier molecular flexibility index (Phi) is 6.83. The molecule has 0 saturated carbocycles. The van der Waals surface area contributed by atoms with Crippen molar-refractivity contribution in [2.75, 3.05) is 11.9 Å². The molecule has 0 aliphatic heterocycles. The van der Waals surface area contributed by atoms with E-state index in [1.54, 1.807) is 17.6 Å². The van der Waals surface area contributed by atoms with E-state index in [0.717, 1.165) is 5.56 Å². The average Bonchev–Trinajstić information content (AvgIpc) is 3.23. The predicted molar refractivity (Wildman–Crippen MR) is 148 cm³/mol. The Labute approximate surface area is 222 Å². The van der Waals surface area contributed by atoms with Crippen LogP contribution in [0.4, 0.5) is 11.5 Å². The SMILES string of the molecule is CCOC(=O)c1c(NC(=O)/C=C/c2ccc([N+](=O)[O-])cc2)n(-c2ccccc2C)c2nc3ccccc3nc12. The molecule has 194 valence electrons. The quantitative estimate of drug-likeness (QED) is 0.127. The molecule has 5 aromatic rings. The third-order valence-corrected chi connectivity index (χ3v) is 6.07. The number of nitrogens with one attached hydrogen (secondary N) is 1. The first kappa shape index (κ1) is 25.3. The summed E-state index contributed by atoms with van der Waals surface area (Å²) in [5.41, 5.74) is 4.13. The number of rotatable bonds is 7. The molecule has 10 nitrogen and oxygen atoms in total. The number of hydrogen-bond acceptors (Lipinski definition) is 7. The summed E-state index contributed by atoms with van der Waals surface area (Å²) in [5.74, 6) is -0.999. The lowest BCUT2D eigenvalue weighted by atomic mass is 10.2. The molecule has 0 fully saturated rings. The minimum absolute atomic E-state index is 0.0502. The van der Waals surface area contributed by atoms with Crippen molar-refractivity contribution in [1.82, 2.24) is 14.5 Å². The summed E-state index contributed by atoms with van der Waals surface area (Å²) < 4.78 is 7.07. The first-order chi connectivity index (χ1) is 18.9. The third kappa shape index (κ3) is 4.95. The second-order valence-corrected chi connectivity index (χ2v) is 8.62. The molecule has 1 amide bonds. The van der Waals surface area contributed by atoms with Crippen molar-refractivity contribution in [3.63, 3.8) is 0 Å². The third-order valence-electron chi connectivity index (χ3n) is 6.07. The highest BCUT2D eigenvalue weighted by atomic mass is 16.6. The first-order valence-electron chi connectivity index (χ1n) is 12.1. The number of aromatic nitrogens is 3. The van der Waals surface area contributed by atoms with Gasteiger partial charge in [-0.25, -0.2) is 14.8 Å². The zero-order valence-corrected chi connectivity index (χ0v) is 21.1. The van der Waals surface area contributed by atoms with Gasteiger partial charge in [0.05, 0.1) is 28.3 Å². The van der Waals surface area contributed by atoms with E-state index in [1.165, 1.54) is 36.4 Å². The molecule has 39 heavy (non-hydrogen) atoms. The van der Waals surface area contributed by atoms with Crippen molar-refractivity contribution in [3.05, 3.63) is 106 Å². The molecule has 2 aromatic heterocycles. The van der Waals surface area contributed by atoms with E-state index in [1.807, 2.05) is 49.4 Å². The Morgan fingerprint density at radius 2 is 1.67 bits per heavy atom. The molecule has 10 heteroatoms. The summed E-state index contributed by atoms with van der Waals surface area (Å²) in [6, 6.07) is 20.6. The van der Waals surface area contributed by atoms with Crippen LogP contribution in [0.25, 0.3) is 34.0 Å². The fraction of sp³-hybridized carbons (Fsp3) is 0.103. The zero-order valence-electron chi connectivity index (χ0n) is 21.1. The number of carbonyl (C=O) groups is 2. The number of hydrogen-bond donors (Lipinski definition) is 1. The van der Waals surface area contributed by atoms with E-state index in [4.69, 9.17) is 14.7 Å². The van der Waals surface area contributed by atoms with Crippen molar-refractivity contribution in [1.29, 1.82) is 0 Å². The van der Waals surface area contributed by atoms with E-state index >= 15 is 0 Å². The van der Waals surface area contributed by atoms with Gasteiger partial charge < -0.3 is 10.1 Å². The van der Waals surface area contributed by atoms with Crippen LogP contribution in [0.3, 0.4) is 0 Å². The largest absolute Gasteiger partial charge is 0.462 e. The Balaban J connectivity index is 1.67. The molecule has 0 aliphatic rings. The Morgan fingerprint density at radius 3 is 2.33 bits per heavy atom. The van der Waals surface area contributed by atoms with Gasteiger partial charge in [-0.15, -0.1) is 0 Å². The Hall–Kier alpha value is -5.38. The lowest BCUT2D eigenvalue weighted by Gasteiger charge is -2.14. The minimum Gasteiger partial charge on any atom is -0.462 e. The number of aryl methyl sites for hydroxylation is 1. The van der Waals surface area contributed by atoms with Gasteiger partial charge in [0, 0.05) is 18.2 Å². The molecular formula is C29H23N5O5. The molecule has 0 saturated heterocycles. The second-order valence-electron chi connectivity index (χ2n) is 8.62. The van der Waals surface area contributed by atoms with Crippen molar-refractivity contribution in [3.8, 4) is 5.69 Å². The zero-order chi connectivity index (χ0) is 27.5. The molecular weight excluding hydrogens is 498 g/mol. The maximum Gasteiger partial charge on any atom is 0.344 e. The normalized spacial score (nSPS) is 11.2. The topological polar surface area (TPSA) is 129 Å². The maximum atomic E-state index is 13.3. The van der Waals surface area contributed by atoms with Crippen molar-refractivity contribution < 1.29 is 19.2 Å². The Bertz CT molecular complexity index is 1770. The summed E-state index contributed by atoms with van der Waals surface area (Å²) in [5, 5.41) is 13.7. The van der Waals surface area contributed by atoms with Crippen LogP contribution in [0.2, 0.25) is 0 Å². The molecule has 1 N–H and O–H groups in total. The number of carbonyl (C=O) groups excluding carboxylic acids is 2. The van der Waals surface area contributed by atoms with Gasteiger partial charge in [-0.2, -0.15) is 0 Å². The number of benzene rings is 3. The number of para-hydroxylation sites is 3. The number of nitrogens with zero attached hydrogens (tertiary/aromatic N) is 4. The highest BCUT2D eigenvalue weighted by molar-refractivity contribution is 6.13. The van der Waals surface area contributed by atoms with Crippen LogP contribution in [0.1, 0.15) is 28.4 Å². The predicted octanol–water partition coefficient (Wildman–Crippen LogP) is 5.62. The summed E-state index contributed by atoms with van der Waals surface area (Å²) >= 11 is 0. The summed E-state index contributed by atoms with van der Waals surface area (Å²) in [6.07, 6.45) is 2.81. The van der Waals surface area contributed by atoms with E-state index in [0.29, 0.717) is 33.4 Å². The number of amides is 1. The second kappa shape index (κ2) is 10.5.